The zero-order valence-electron chi connectivity index (χ0n) is 14.3. The molecule has 0 N–H and O–H groups in total. The van der Waals surface area contributed by atoms with Crippen LogP contribution in [0.5, 0.6) is 0 Å². The Morgan fingerprint density at radius 1 is 0.963 bits per heavy atom. The maximum Gasteiger partial charge on any atom is 0.264 e. The molecule has 27 heavy (non-hydrogen) atoms. The molecule has 0 spiro atoms. The lowest BCUT2D eigenvalue weighted by atomic mass is 10.2. The van der Waals surface area contributed by atoms with Crippen LogP contribution in [-0.2, 0) is 10.0 Å². The third kappa shape index (κ3) is 3.47. The number of sulfonamides is 1. The molecule has 2 aromatic carbocycles. The van der Waals surface area contributed by atoms with Crippen molar-refractivity contribution >= 4 is 37.4 Å². The maximum absolute atomic E-state index is 13.4. The van der Waals surface area contributed by atoms with E-state index in [1.807, 2.05) is 30.3 Å². The molecule has 4 rings (SSSR count). The maximum atomic E-state index is 13.4. The number of halogens is 1. The van der Waals surface area contributed by atoms with Crippen LogP contribution < -0.4 is 0 Å². The molecule has 0 bridgehead atoms. The molecule has 0 saturated carbocycles. The minimum absolute atomic E-state index is 0.0632. The fraction of sp³-hybridized carbons (Fsp3) is 0.211. The molecule has 1 aromatic heterocycles. The topological polar surface area (TPSA) is 57.7 Å². The van der Waals surface area contributed by atoms with Gasteiger partial charge in [0, 0.05) is 30.9 Å². The Morgan fingerprint density at radius 3 is 2.41 bits per heavy atom. The highest BCUT2D eigenvalue weighted by molar-refractivity contribution is 7.89. The first kappa shape index (κ1) is 18.1. The number of piperazine rings is 1. The summed E-state index contributed by atoms with van der Waals surface area (Å²) in [6.07, 6.45) is 0. The van der Waals surface area contributed by atoms with Gasteiger partial charge in [-0.05, 0) is 35.7 Å². The van der Waals surface area contributed by atoms with Crippen molar-refractivity contribution in [2.75, 3.05) is 26.2 Å². The molecule has 1 amide bonds. The van der Waals surface area contributed by atoms with Crippen LogP contribution in [0.25, 0.3) is 10.1 Å². The largest absolute Gasteiger partial charge is 0.335 e. The van der Waals surface area contributed by atoms with E-state index in [0.29, 0.717) is 18.0 Å². The lowest BCUT2D eigenvalue weighted by Gasteiger charge is -2.33. The van der Waals surface area contributed by atoms with Crippen LogP contribution in [0.1, 0.15) is 9.67 Å². The van der Waals surface area contributed by atoms with E-state index in [0.717, 1.165) is 16.2 Å². The molecule has 0 unspecified atom stereocenters. The average molecular weight is 404 g/mol. The Labute approximate surface area is 160 Å². The number of thiophene rings is 1. The van der Waals surface area contributed by atoms with Crippen molar-refractivity contribution in [3.05, 3.63) is 65.3 Å². The van der Waals surface area contributed by atoms with Crippen molar-refractivity contribution < 1.29 is 17.6 Å². The average Bonchev–Trinajstić information content (AvgIpc) is 3.12. The molecule has 1 fully saturated rings. The van der Waals surface area contributed by atoms with Gasteiger partial charge in [-0.3, -0.25) is 4.79 Å². The number of amides is 1. The highest BCUT2D eigenvalue weighted by atomic mass is 32.2. The summed E-state index contributed by atoms with van der Waals surface area (Å²) in [6.45, 7) is 0.994. The molecule has 0 radical (unpaired) electrons. The molecule has 2 heterocycles. The second kappa shape index (κ2) is 7.03. The molecule has 0 aliphatic carbocycles. The predicted octanol–water partition coefficient (Wildman–Crippen LogP) is 3.19. The van der Waals surface area contributed by atoms with E-state index in [-0.39, 0.29) is 23.9 Å². The van der Waals surface area contributed by atoms with E-state index in [9.17, 15) is 17.6 Å². The van der Waals surface area contributed by atoms with Crippen molar-refractivity contribution in [1.29, 1.82) is 0 Å². The van der Waals surface area contributed by atoms with Crippen LogP contribution in [0.15, 0.2) is 59.5 Å². The third-order valence-electron chi connectivity index (χ3n) is 4.60. The minimum Gasteiger partial charge on any atom is -0.335 e. The summed E-state index contributed by atoms with van der Waals surface area (Å²) in [5.41, 5.74) is 0. The highest BCUT2D eigenvalue weighted by Crippen LogP contribution is 2.27. The molecule has 140 valence electrons. The van der Waals surface area contributed by atoms with E-state index < -0.39 is 15.8 Å². The van der Waals surface area contributed by atoms with Crippen LogP contribution in [0.4, 0.5) is 4.39 Å². The predicted molar refractivity (Wildman–Crippen MR) is 103 cm³/mol. The molecule has 1 aliphatic heterocycles. The number of hydrogen-bond acceptors (Lipinski definition) is 4. The van der Waals surface area contributed by atoms with Crippen molar-refractivity contribution in [3.63, 3.8) is 0 Å². The fourth-order valence-electron chi connectivity index (χ4n) is 3.15. The molecule has 5 nitrogen and oxygen atoms in total. The number of nitrogens with zero attached hydrogens (tertiary/aromatic N) is 2. The summed E-state index contributed by atoms with van der Waals surface area (Å²) in [5, 5.41) is 1.03. The number of benzene rings is 2. The van der Waals surface area contributed by atoms with Crippen molar-refractivity contribution in [1.82, 2.24) is 9.21 Å². The van der Waals surface area contributed by atoms with E-state index in [4.69, 9.17) is 0 Å². The zero-order chi connectivity index (χ0) is 19.0. The van der Waals surface area contributed by atoms with Gasteiger partial charge in [-0.1, -0.05) is 24.3 Å². The van der Waals surface area contributed by atoms with Crippen molar-refractivity contribution in [2.24, 2.45) is 0 Å². The van der Waals surface area contributed by atoms with Gasteiger partial charge in [0.05, 0.1) is 9.77 Å². The van der Waals surface area contributed by atoms with Gasteiger partial charge in [0.25, 0.3) is 5.91 Å². The van der Waals surface area contributed by atoms with Crippen LogP contribution in [0, 0.1) is 5.82 Å². The Bertz CT molecular complexity index is 1070. The number of carbonyl (C=O) groups is 1. The lowest BCUT2D eigenvalue weighted by molar-refractivity contribution is 0.0703. The fourth-order valence-corrected chi connectivity index (χ4v) is 5.64. The summed E-state index contributed by atoms with van der Waals surface area (Å²) in [6, 6.07) is 14.7. The van der Waals surface area contributed by atoms with Gasteiger partial charge in [-0.2, -0.15) is 4.31 Å². The Balaban J connectivity index is 1.47. The molecule has 0 atom stereocenters. The van der Waals surface area contributed by atoms with E-state index in [1.165, 1.54) is 33.8 Å². The summed E-state index contributed by atoms with van der Waals surface area (Å²) < 4.78 is 41.0. The molecule has 3 aromatic rings. The molecule has 1 aliphatic rings. The molecule has 1 saturated heterocycles. The van der Waals surface area contributed by atoms with Crippen LogP contribution >= 0.6 is 11.3 Å². The lowest BCUT2D eigenvalue weighted by Crippen LogP contribution is -2.50. The Hall–Kier alpha value is -2.29. The number of fused-ring (bicyclic) bond motifs is 1. The van der Waals surface area contributed by atoms with Gasteiger partial charge in [0.15, 0.2) is 0 Å². The first-order valence-corrected chi connectivity index (χ1v) is 10.7. The quantitative estimate of drug-likeness (QED) is 0.674. The monoisotopic (exact) mass is 404 g/mol. The van der Waals surface area contributed by atoms with Gasteiger partial charge in [-0.15, -0.1) is 11.3 Å². The summed E-state index contributed by atoms with van der Waals surface area (Å²) in [7, 11) is -3.76. The smallest absolute Gasteiger partial charge is 0.264 e. The van der Waals surface area contributed by atoms with Gasteiger partial charge < -0.3 is 4.90 Å². The SMILES string of the molecule is O=C(c1cc2ccccc2s1)N1CCN(S(=O)(=O)c2cccc(F)c2)CC1. The second-order valence-electron chi connectivity index (χ2n) is 6.30. The second-order valence-corrected chi connectivity index (χ2v) is 9.32. The first-order valence-electron chi connectivity index (χ1n) is 8.49. The Kier molecular flexibility index (Phi) is 4.71. The van der Waals surface area contributed by atoms with Gasteiger partial charge in [-0.25, -0.2) is 12.8 Å². The van der Waals surface area contributed by atoms with Crippen molar-refractivity contribution in [3.8, 4) is 0 Å². The molecule has 8 heteroatoms. The van der Waals surface area contributed by atoms with Gasteiger partial charge in [0.1, 0.15) is 5.82 Å². The zero-order valence-corrected chi connectivity index (χ0v) is 16.0. The Morgan fingerprint density at radius 2 is 1.70 bits per heavy atom. The van der Waals surface area contributed by atoms with Crippen LogP contribution in [0.2, 0.25) is 0 Å². The molecular formula is C19H17FN2O3S2. The van der Waals surface area contributed by atoms with E-state index in [1.54, 1.807) is 4.90 Å². The highest BCUT2D eigenvalue weighted by Gasteiger charge is 2.31. The van der Waals surface area contributed by atoms with E-state index in [2.05, 4.69) is 0 Å². The van der Waals surface area contributed by atoms with E-state index >= 15 is 0 Å². The number of rotatable bonds is 3. The van der Waals surface area contributed by atoms with Crippen molar-refractivity contribution in [2.45, 2.75) is 4.90 Å². The van der Waals surface area contributed by atoms with Gasteiger partial charge in [0.2, 0.25) is 10.0 Å². The van der Waals surface area contributed by atoms with Crippen LogP contribution in [-0.4, -0.2) is 49.7 Å². The standard InChI is InChI=1S/C19H17FN2O3S2/c20-15-5-3-6-16(13-15)27(24,25)22-10-8-21(9-11-22)19(23)18-12-14-4-1-2-7-17(14)26-18/h1-7,12-13H,8-11H2. The van der Waals surface area contributed by atoms with Crippen LogP contribution in [0.3, 0.4) is 0 Å². The van der Waals surface area contributed by atoms with Gasteiger partial charge >= 0.3 is 0 Å². The summed E-state index contributed by atoms with van der Waals surface area (Å²) >= 11 is 1.44. The number of hydrogen-bond donors (Lipinski definition) is 0. The summed E-state index contributed by atoms with van der Waals surface area (Å²) in [5.74, 6) is -0.673. The third-order valence-corrected chi connectivity index (χ3v) is 7.59. The minimum atomic E-state index is -3.76. The summed E-state index contributed by atoms with van der Waals surface area (Å²) in [4.78, 5) is 15.0. The number of carbonyl (C=O) groups excluding carboxylic acids is 1. The first-order chi connectivity index (χ1) is 12.9. The normalized spacial score (nSPS) is 16.0. The molecular weight excluding hydrogens is 387 g/mol.